The summed E-state index contributed by atoms with van der Waals surface area (Å²) in [5.74, 6) is 1.55. The quantitative estimate of drug-likeness (QED) is 0.425. The zero-order chi connectivity index (χ0) is 13.1. The predicted octanol–water partition coefficient (Wildman–Crippen LogP) is 3.42. The average molecular weight is 284 g/mol. The summed E-state index contributed by atoms with van der Waals surface area (Å²) in [6.07, 6.45) is 9.22. The maximum absolute atomic E-state index is 9.38. The molecule has 0 aliphatic carbocycles. The predicted molar refractivity (Wildman–Crippen MR) is 79.0 cm³/mol. The molecule has 0 saturated carbocycles. The van der Waals surface area contributed by atoms with Gasteiger partial charge in [0.1, 0.15) is 0 Å². The number of hydrogen-bond donors (Lipinski definition) is 3. The van der Waals surface area contributed by atoms with Crippen LogP contribution in [0.4, 0.5) is 0 Å². The maximum Gasteiger partial charge on any atom is 0.277 e. The zero-order valence-corrected chi connectivity index (χ0v) is 13.0. The first-order chi connectivity index (χ1) is 8.02. The Morgan fingerprint density at radius 3 is 1.71 bits per heavy atom. The summed E-state index contributed by atoms with van der Waals surface area (Å²) in [5, 5.41) is 0. The Morgan fingerprint density at radius 1 is 0.706 bits per heavy atom. The lowest BCUT2D eigenvalue weighted by Gasteiger charge is -2.15. The first kappa shape index (κ1) is 17.7. The smallest absolute Gasteiger partial charge is 0.277 e. The van der Waals surface area contributed by atoms with Crippen molar-refractivity contribution >= 4 is 16.8 Å². The molecule has 1 atom stereocenters. The van der Waals surface area contributed by atoms with Crippen molar-refractivity contribution in [3.8, 4) is 0 Å². The summed E-state index contributed by atoms with van der Waals surface area (Å²) in [7, 11) is -0.571. The molecular weight excluding hydrogens is 255 g/mol. The van der Waals surface area contributed by atoms with E-state index < -0.39 is 16.8 Å². The van der Waals surface area contributed by atoms with Gasteiger partial charge in [0, 0.05) is 0 Å². The topological polar surface area (TPSA) is 60.7 Å². The highest BCUT2D eigenvalue weighted by Gasteiger charge is 2.11. The Morgan fingerprint density at radius 2 is 1.18 bits per heavy atom. The molecule has 0 rings (SSSR count). The van der Waals surface area contributed by atoms with Gasteiger partial charge in [0.2, 0.25) is 0 Å². The molecule has 0 spiro atoms. The minimum Gasteiger partial charge on any atom is -0.329 e. The van der Waals surface area contributed by atoms with Crippen LogP contribution in [0.2, 0.25) is 0 Å². The molecule has 0 heterocycles. The van der Waals surface area contributed by atoms with Gasteiger partial charge < -0.3 is 14.7 Å². The minimum absolute atomic E-state index is 0.571. The monoisotopic (exact) mass is 284 g/mol. The summed E-state index contributed by atoms with van der Waals surface area (Å²) in [6.45, 7) is 0.691. The first-order valence-electron chi connectivity index (χ1n) is 6.77. The molecule has 0 aromatic rings. The van der Waals surface area contributed by atoms with Crippen molar-refractivity contribution < 1.29 is 14.7 Å². The Hall–Kier alpha value is 0.660. The molecule has 0 aliphatic rings. The molecule has 0 aromatic carbocycles. The Labute approximate surface area is 108 Å². The molecule has 0 amide bonds. The number of rotatable bonds is 10. The van der Waals surface area contributed by atoms with Gasteiger partial charge in [-0.25, -0.2) is 0 Å². The molecule has 3 nitrogen and oxygen atoms in total. The number of hydrogen-bond acceptors (Lipinski definition) is 0. The second kappa shape index (κ2) is 10.6. The van der Waals surface area contributed by atoms with Crippen molar-refractivity contribution in [3.63, 3.8) is 0 Å². The van der Waals surface area contributed by atoms with Crippen LogP contribution in [0.3, 0.4) is 0 Å². The van der Waals surface area contributed by atoms with Crippen molar-refractivity contribution in [2.75, 3.05) is 11.5 Å². The highest BCUT2D eigenvalue weighted by Crippen LogP contribution is 2.37. The van der Waals surface area contributed by atoms with E-state index in [0.717, 1.165) is 37.2 Å². The maximum atomic E-state index is 9.38. The number of unbranched alkanes of at least 4 members (excludes halogenated alkanes) is 6. The van der Waals surface area contributed by atoms with Crippen molar-refractivity contribution in [3.05, 3.63) is 0 Å². The molecule has 0 radical (unpaired) electrons. The van der Waals surface area contributed by atoms with E-state index in [4.69, 9.17) is 0 Å². The van der Waals surface area contributed by atoms with Gasteiger partial charge in [0.15, 0.2) is 0 Å². The molecule has 3 N–H and O–H groups in total. The molecule has 1 unspecified atom stereocenters. The normalized spacial score (nSPS) is 13.9. The molecular formula is C12H29O3PS. The molecule has 17 heavy (non-hydrogen) atoms. The second-order valence-corrected chi connectivity index (χ2v) is 10.3. The Kier molecular flexibility index (Phi) is 11.0. The highest BCUT2D eigenvalue weighted by molar-refractivity contribution is 8.27. The van der Waals surface area contributed by atoms with Gasteiger partial charge in [-0.1, -0.05) is 52.4 Å². The fourth-order valence-electron chi connectivity index (χ4n) is 1.71. The van der Waals surface area contributed by atoms with Gasteiger partial charge in [-0.3, -0.25) is 0 Å². The van der Waals surface area contributed by atoms with Crippen LogP contribution in [-0.4, -0.2) is 26.2 Å². The fraction of sp³-hybridized carbons (Fsp3) is 1.00. The Balaban J connectivity index is 3.87. The summed E-state index contributed by atoms with van der Waals surface area (Å²) >= 11 is 0. The van der Waals surface area contributed by atoms with Gasteiger partial charge in [-0.05, 0) is 24.3 Å². The fourth-order valence-corrected chi connectivity index (χ4v) is 5.80. The third-order valence-electron chi connectivity index (χ3n) is 2.81. The lowest BCUT2D eigenvalue weighted by atomic mass is 10.1. The summed E-state index contributed by atoms with van der Waals surface area (Å²) < 4.78 is 0. The van der Waals surface area contributed by atoms with E-state index in [0.29, 0.717) is 0 Å². The van der Waals surface area contributed by atoms with Crippen LogP contribution >= 0.6 is 6.72 Å². The summed E-state index contributed by atoms with van der Waals surface area (Å²) in [6, 6.07) is 0. The zero-order valence-electron chi connectivity index (χ0n) is 11.3. The third kappa shape index (κ3) is 10.3. The third-order valence-corrected chi connectivity index (χ3v) is 8.20. The van der Waals surface area contributed by atoms with Crippen molar-refractivity contribution in [2.24, 2.45) is 0 Å². The van der Waals surface area contributed by atoms with Crippen molar-refractivity contribution in [1.82, 2.24) is 0 Å². The van der Waals surface area contributed by atoms with Crippen LogP contribution in [0.25, 0.3) is 0 Å². The van der Waals surface area contributed by atoms with Crippen LogP contribution in [0, 0.1) is 0 Å². The lowest BCUT2D eigenvalue weighted by Crippen LogP contribution is -2.05. The van der Waals surface area contributed by atoms with E-state index in [1.54, 1.807) is 0 Å². The van der Waals surface area contributed by atoms with Crippen LogP contribution in [0.15, 0.2) is 0 Å². The van der Waals surface area contributed by atoms with Gasteiger partial charge in [-0.15, -0.1) is 10.1 Å². The first-order valence-corrected chi connectivity index (χ1v) is 10.6. The van der Waals surface area contributed by atoms with Crippen LogP contribution < -0.4 is 0 Å². The molecule has 0 saturated heterocycles. The van der Waals surface area contributed by atoms with E-state index in [1.807, 2.05) is 0 Å². The van der Waals surface area contributed by atoms with Gasteiger partial charge in [0.25, 0.3) is 6.72 Å². The minimum atomic E-state index is -3.59. The van der Waals surface area contributed by atoms with Crippen LogP contribution in [0.1, 0.15) is 65.2 Å². The molecule has 0 bridgehead atoms. The van der Waals surface area contributed by atoms with Gasteiger partial charge >= 0.3 is 0 Å². The largest absolute Gasteiger partial charge is 0.329 e. The van der Waals surface area contributed by atoms with E-state index in [1.165, 1.54) is 25.7 Å². The second-order valence-electron chi connectivity index (χ2n) is 4.51. The average Bonchev–Trinajstić information content (AvgIpc) is 2.25. The van der Waals surface area contributed by atoms with E-state index in [-0.39, 0.29) is 0 Å². The van der Waals surface area contributed by atoms with Gasteiger partial charge in [0.05, 0.1) is 0 Å². The summed E-state index contributed by atoms with van der Waals surface area (Å²) in [5.41, 5.74) is 0. The lowest BCUT2D eigenvalue weighted by molar-refractivity contribution is 0.362. The molecule has 0 aliphatic heterocycles. The van der Waals surface area contributed by atoms with Crippen molar-refractivity contribution in [2.45, 2.75) is 65.2 Å². The molecule has 106 valence electrons. The van der Waals surface area contributed by atoms with E-state index >= 15 is 0 Å². The van der Waals surface area contributed by atoms with E-state index in [2.05, 4.69) is 13.8 Å². The highest BCUT2D eigenvalue weighted by atomic mass is 32.5. The van der Waals surface area contributed by atoms with Gasteiger partial charge in [-0.2, -0.15) is 0 Å². The standard InChI is InChI=1S/C12H29O3PS/c1-3-5-7-8-9-10-12-17(11-6-4-2)16(13,14)15/h13-15H,3-12H2,1-2H3. The SMILES string of the molecule is CCCCCCCCS(CCCC)=P(O)(O)O. The molecule has 0 fully saturated rings. The molecule has 5 heteroatoms. The Bertz CT molecular complexity index is 230. The molecule has 0 aromatic heterocycles. The van der Waals surface area contributed by atoms with Crippen molar-refractivity contribution in [1.29, 1.82) is 0 Å². The van der Waals surface area contributed by atoms with Crippen LogP contribution in [-0.2, 0) is 10.1 Å². The van der Waals surface area contributed by atoms with Crippen LogP contribution in [0.5, 0.6) is 0 Å². The van der Waals surface area contributed by atoms with E-state index in [9.17, 15) is 14.7 Å². The summed E-state index contributed by atoms with van der Waals surface area (Å²) in [4.78, 5) is 28.1.